The molecule has 2 saturated heterocycles. The Morgan fingerprint density at radius 3 is 2.06 bits per heavy atom. The molecule has 0 N–H and O–H groups in total. The Hall–Kier alpha value is -2.33. The summed E-state index contributed by atoms with van der Waals surface area (Å²) in [6, 6.07) is 7.29. The van der Waals surface area contributed by atoms with Crippen LogP contribution in [0.2, 0.25) is 5.02 Å². The lowest BCUT2D eigenvalue weighted by atomic mass is 10.0. The fraction of sp³-hybridized carbons (Fsp3) is 0.458. The second-order valence-electron chi connectivity index (χ2n) is 7.76. The van der Waals surface area contributed by atoms with Crippen LogP contribution in [0.3, 0.4) is 0 Å². The van der Waals surface area contributed by atoms with Gasteiger partial charge in [-0.05, 0) is 54.8 Å². The maximum Gasteiger partial charge on any atom is 0.416 e. The van der Waals surface area contributed by atoms with Crippen molar-refractivity contribution in [2.24, 2.45) is 0 Å². The summed E-state index contributed by atoms with van der Waals surface area (Å²) in [5.41, 5.74) is -2.91. The van der Waals surface area contributed by atoms with Crippen LogP contribution in [0.15, 0.2) is 42.5 Å². The number of hydrogen-bond donors (Lipinski definition) is 0. The molecule has 35 heavy (non-hydrogen) atoms. The first-order chi connectivity index (χ1) is 16.3. The molecular formula is C24H25ClF7NO2. The fourth-order valence-corrected chi connectivity index (χ4v) is 3.96. The molecular weight excluding hydrogens is 503 g/mol. The topological polar surface area (TPSA) is 29.5 Å². The Bertz CT molecular complexity index is 945. The number of fused-ring (bicyclic) bond motifs is 1. The maximum atomic E-state index is 12.8. The maximum absolute atomic E-state index is 12.8. The first kappa shape index (κ1) is 28.9. The molecule has 0 saturated carbocycles. The van der Waals surface area contributed by atoms with Crippen LogP contribution >= 0.6 is 11.6 Å². The quantitative estimate of drug-likeness (QED) is 0.387. The molecule has 4 rings (SSSR count). The number of carbonyl (C=O) groups is 1. The van der Waals surface area contributed by atoms with Gasteiger partial charge >= 0.3 is 12.4 Å². The second kappa shape index (κ2) is 12.1. The van der Waals surface area contributed by atoms with E-state index in [1.165, 1.54) is 12.1 Å². The Balaban J connectivity index is 0.000000363. The molecule has 2 aliphatic heterocycles. The van der Waals surface area contributed by atoms with Crippen molar-refractivity contribution in [1.82, 2.24) is 4.90 Å². The van der Waals surface area contributed by atoms with Gasteiger partial charge in [-0.25, -0.2) is 4.39 Å². The molecule has 0 spiro atoms. The molecule has 0 bridgehead atoms. The lowest BCUT2D eigenvalue weighted by Crippen LogP contribution is -2.28. The van der Waals surface area contributed by atoms with Gasteiger partial charge in [0.1, 0.15) is 5.82 Å². The molecule has 0 aromatic heterocycles. The Morgan fingerprint density at radius 1 is 1.00 bits per heavy atom. The molecule has 11 heteroatoms. The molecule has 1 amide bonds. The molecule has 0 aliphatic carbocycles. The summed E-state index contributed by atoms with van der Waals surface area (Å²) in [4.78, 5) is 13.3. The molecule has 194 valence electrons. The molecule has 2 fully saturated rings. The fourth-order valence-electron chi connectivity index (χ4n) is 3.78. The van der Waals surface area contributed by atoms with Crippen molar-refractivity contribution >= 4 is 17.5 Å². The Kier molecular flexibility index (Phi) is 9.97. The van der Waals surface area contributed by atoms with E-state index in [0.29, 0.717) is 43.0 Å². The average Bonchev–Trinajstić information content (AvgIpc) is 3.34. The first-order valence-electron chi connectivity index (χ1n) is 10.9. The van der Waals surface area contributed by atoms with Gasteiger partial charge in [0.05, 0.1) is 23.8 Å². The SMILES string of the molecule is CC.Fc1cccc(Cl)c1.O=C1CC[C@H]2CC(OCc3cc(C(F)(F)F)cc(C(F)(F)F)c3)CN12. The lowest BCUT2D eigenvalue weighted by Gasteiger charge is -2.17. The molecule has 2 aliphatic rings. The Labute approximate surface area is 203 Å². The number of hydrogen-bond acceptors (Lipinski definition) is 2. The van der Waals surface area contributed by atoms with Crippen LogP contribution < -0.4 is 0 Å². The summed E-state index contributed by atoms with van der Waals surface area (Å²) < 4.78 is 94.5. The van der Waals surface area contributed by atoms with Crippen LogP contribution in [0.4, 0.5) is 30.7 Å². The third-order valence-corrected chi connectivity index (χ3v) is 5.54. The van der Waals surface area contributed by atoms with Gasteiger partial charge in [-0.2, -0.15) is 26.3 Å². The Morgan fingerprint density at radius 2 is 1.60 bits per heavy atom. The van der Waals surface area contributed by atoms with Gasteiger partial charge in [-0.1, -0.05) is 31.5 Å². The molecule has 2 aromatic rings. The van der Waals surface area contributed by atoms with Crippen molar-refractivity contribution in [3.8, 4) is 0 Å². The normalized spacial score (nSPS) is 19.5. The summed E-state index contributed by atoms with van der Waals surface area (Å²) >= 11 is 5.40. The second-order valence-corrected chi connectivity index (χ2v) is 8.20. The minimum Gasteiger partial charge on any atom is -0.372 e. The van der Waals surface area contributed by atoms with E-state index in [0.717, 1.165) is 0 Å². The number of halogens is 8. The van der Waals surface area contributed by atoms with Crippen molar-refractivity contribution < 1.29 is 40.3 Å². The van der Waals surface area contributed by atoms with E-state index in [9.17, 15) is 35.5 Å². The van der Waals surface area contributed by atoms with Crippen molar-refractivity contribution in [3.05, 3.63) is 70.0 Å². The standard InChI is InChI=1S/C16H15F6NO2.C6H4ClF.C2H6/c17-15(18,19)10-3-9(4-11(5-10)16(20,21)22)8-25-13-6-12-1-2-14(24)23(12)7-13;7-5-2-1-3-6(8)4-5;1-2/h3-5,12-13H,1-2,6-8H2;1-4H;1-2H3/t12-,13?;;/m0../s1. The lowest BCUT2D eigenvalue weighted by molar-refractivity contribution is -0.143. The van der Waals surface area contributed by atoms with Crippen LogP contribution in [0.1, 0.15) is 49.8 Å². The van der Waals surface area contributed by atoms with Crippen LogP contribution in [0.25, 0.3) is 0 Å². The highest BCUT2D eigenvalue weighted by Gasteiger charge is 2.40. The summed E-state index contributed by atoms with van der Waals surface area (Å²) in [5, 5.41) is 0.435. The summed E-state index contributed by atoms with van der Waals surface area (Å²) in [7, 11) is 0. The van der Waals surface area contributed by atoms with Gasteiger partial charge < -0.3 is 9.64 Å². The third-order valence-electron chi connectivity index (χ3n) is 5.31. The van der Waals surface area contributed by atoms with Gasteiger partial charge in [0, 0.05) is 24.0 Å². The van der Waals surface area contributed by atoms with E-state index in [1.807, 2.05) is 13.8 Å². The zero-order valence-electron chi connectivity index (χ0n) is 19.0. The number of nitrogens with zero attached hydrogens (tertiary/aromatic N) is 1. The highest BCUT2D eigenvalue weighted by Crippen LogP contribution is 2.37. The van der Waals surface area contributed by atoms with Crippen molar-refractivity contribution in [1.29, 1.82) is 0 Å². The predicted octanol–water partition coefficient (Wildman–Crippen LogP) is 7.51. The van der Waals surface area contributed by atoms with E-state index in [-0.39, 0.29) is 42.1 Å². The number of amides is 1. The van der Waals surface area contributed by atoms with E-state index in [1.54, 1.807) is 17.0 Å². The van der Waals surface area contributed by atoms with Gasteiger partial charge in [0.2, 0.25) is 5.91 Å². The highest BCUT2D eigenvalue weighted by molar-refractivity contribution is 6.30. The van der Waals surface area contributed by atoms with Crippen molar-refractivity contribution in [3.63, 3.8) is 0 Å². The number of alkyl halides is 6. The summed E-state index contributed by atoms with van der Waals surface area (Å²) in [6.45, 7) is 3.96. The van der Waals surface area contributed by atoms with Crippen molar-refractivity contribution in [2.75, 3.05) is 6.54 Å². The third kappa shape index (κ3) is 8.38. The van der Waals surface area contributed by atoms with E-state index >= 15 is 0 Å². The van der Waals surface area contributed by atoms with Crippen LogP contribution in [-0.2, 0) is 28.5 Å². The van der Waals surface area contributed by atoms with Gasteiger partial charge in [-0.15, -0.1) is 0 Å². The van der Waals surface area contributed by atoms with Gasteiger partial charge in [0.15, 0.2) is 0 Å². The molecule has 3 nitrogen and oxygen atoms in total. The molecule has 1 unspecified atom stereocenters. The zero-order chi connectivity index (χ0) is 26.4. The smallest absolute Gasteiger partial charge is 0.372 e. The predicted molar refractivity (Wildman–Crippen MR) is 117 cm³/mol. The largest absolute Gasteiger partial charge is 0.416 e. The minimum atomic E-state index is -4.88. The van der Waals surface area contributed by atoms with Crippen LogP contribution in [0.5, 0.6) is 0 Å². The van der Waals surface area contributed by atoms with Crippen molar-refractivity contribution in [2.45, 2.75) is 64.2 Å². The molecule has 2 aromatic carbocycles. The van der Waals surface area contributed by atoms with Gasteiger partial charge in [-0.3, -0.25) is 4.79 Å². The van der Waals surface area contributed by atoms with Gasteiger partial charge in [0.25, 0.3) is 0 Å². The van der Waals surface area contributed by atoms with E-state index < -0.39 is 23.5 Å². The first-order valence-corrected chi connectivity index (χ1v) is 11.3. The minimum absolute atomic E-state index is 0.00882. The van der Waals surface area contributed by atoms with E-state index in [2.05, 4.69) is 0 Å². The average molecular weight is 528 g/mol. The number of carbonyl (C=O) groups excluding carboxylic acids is 1. The monoisotopic (exact) mass is 527 g/mol. The number of rotatable bonds is 3. The van der Waals surface area contributed by atoms with Crippen LogP contribution in [0, 0.1) is 5.82 Å². The molecule has 0 radical (unpaired) electrons. The highest BCUT2D eigenvalue weighted by atomic mass is 35.5. The van der Waals surface area contributed by atoms with E-state index in [4.69, 9.17) is 16.3 Å². The number of ether oxygens (including phenoxy) is 1. The summed E-state index contributed by atoms with van der Waals surface area (Å²) in [5.74, 6) is -0.285. The molecule has 2 atom stereocenters. The van der Waals surface area contributed by atoms with Crippen LogP contribution in [-0.4, -0.2) is 29.5 Å². The number of benzene rings is 2. The zero-order valence-corrected chi connectivity index (χ0v) is 19.8. The summed E-state index contributed by atoms with van der Waals surface area (Å²) in [6.07, 6.45) is -8.40. The molecule has 2 heterocycles.